The normalized spacial score (nSPS) is 20.8. The number of nitrogen functional groups attached to an aromatic ring is 1. The first-order valence-electron chi connectivity index (χ1n) is 6.81. The van der Waals surface area contributed by atoms with Crippen molar-refractivity contribution in [3.05, 3.63) is 29.8 Å². The van der Waals surface area contributed by atoms with Gasteiger partial charge in [-0.1, -0.05) is 25.5 Å². The Morgan fingerprint density at radius 1 is 1.39 bits per heavy atom. The number of rotatable bonds is 3. The third kappa shape index (κ3) is 3.25. The Morgan fingerprint density at radius 2 is 2.22 bits per heavy atom. The number of anilines is 1. The van der Waals surface area contributed by atoms with Gasteiger partial charge in [0, 0.05) is 25.2 Å². The van der Waals surface area contributed by atoms with Gasteiger partial charge >= 0.3 is 0 Å². The lowest BCUT2D eigenvalue weighted by Crippen LogP contribution is -2.29. The lowest BCUT2D eigenvalue weighted by atomic mass is 9.98. The van der Waals surface area contributed by atoms with Crippen LogP contribution in [0.4, 0.5) is 5.69 Å². The zero-order chi connectivity index (χ0) is 13.0. The molecule has 1 fully saturated rings. The summed E-state index contributed by atoms with van der Waals surface area (Å²) in [7, 11) is 0. The fourth-order valence-electron chi connectivity index (χ4n) is 2.58. The molecule has 18 heavy (non-hydrogen) atoms. The molecular formula is C15H22N2O. The van der Waals surface area contributed by atoms with Gasteiger partial charge in [-0.15, -0.1) is 0 Å². The van der Waals surface area contributed by atoms with Crippen LogP contribution in [0.5, 0.6) is 0 Å². The Balaban J connectivity index is 2.01. The first kappa shape index (κ1) is 12.9. The van der Waals surface area contributed by atoms with Crippen LogP contribution in [0.15, 0.2) is 24.3 Å². The second-order valence-corrected chi connectivity index (χ2v) is 5.16. The van der Waals surface area contributed by atoms with Gasteiger partial charge in [0.1, 0.15) is 0 Å². The number of benzene rings is 1. The summed E-state index contributed by atoms with van der Waals surface area (Å²) in [5.74, 6) is 0.994. The highest BCUT2D eigenvalue weighted by Crippen LogP contribution is 2.22. The predicted molar refractivity (Wildman–Crippen MR) is 73.9 cm³/mol. The number of nitrogens with two attached hydrogens (primary N) is 1. The molecule has 3 nitrogen and oxygen atoms in total. The van der Waals surface area contributed by atoms with Gasteiger partial charge in [-0.3, -0.25) is 4.79 Å². The molecule has 0 aliphatic carbocycles. The van der Waals surface area contributed by atoms with Crippen LogP contribution in [0.1, 0.15) is 38.2 Å². The van der Waals surface area contributed by atoms with E-state index in [0.29, 0.717) is 18.9 Å². The van der Waals surface area contributed by atoms with E-state index in [0.717, 1.165) is 30.6 Å². The lowest BCUT2D eigenvalue weighted by Gasteiger charge is -2.21. The molecule has 1 aliphatic rings. The SMILES string of the molecule is CCC1CCC(=O)N(Cc2cccc(N)c2)CC1. The maximum absolute atomic E-state index is 12.1. The number of hydrogen-bond acceptors (Lipinski definition) is 2. The Labute approximate surface area is 109 Å². The van der Waals surface area contributed by atoms with Gasteiger partial charge < -0.3 is 10.6 Å². The largest absolute Gasteiger partial charge is 0.399 e. The van der Waals surface area contributed by atoms with Crippen LogP contribution in [-0.2, 0) is 11.3 Å². The Bertz CT molecular complexity index is 417. The number of nitrogens with zero attached hydrogens (tertiary/aromatic N) is 1. The molecule has 0 spiro atoms. The van der Waals surface area contributed by atoms with Gasteiger partial charge in [-0.05, 0) is 36.5 Å². The van der Waals surface area contributed by atoms with E-state index < -0.39 is 0 Å². The highest BCUT2D eigenvalue weighted by molar-refractivity contribution is 5.76. The quantitative estimate of drug-likeness (QED) is 0.834. The van der Waals surface area contributed by atoms with Crippen molar-refractivity contribution in [2.75, 3.05) is 12.3 Å². The third-order valence-electron chi connectivity index (χ3n) is 3.83. The van der Waals surface area contributed by atoms with Crippen LogP contribution in [0, 0.1) is 5.92 Å². The maximum Gasteiger partial charge on any atom is 0.222 e. The van der Waals surface area contributed by atoms with Crippen molar-refractivity contribution in [2.24, 2.45) is 5.92 Å². The molecule has 98 valence electrons. The smallest absolute Gasteiger partial charge is 0.222 e. The van der Waals surface area contributed by atoms with Crippen LogP contribution < -0.4 is 5.73 Å². The average molecular weight is 246 g/mol. The maximum atomic E-state index is 12.1. The van der Waals surface area contributed by atoms with Gasteiger partial charge in [0.15, 0.2) is 0 Å². The van der Waals surface area contributed by atoms with Gasteiger partial charge in [-0.2, -0.15) is 0 Å². The van der Waals surface area contributed by atoms with Crippen LogP contribution in [-0.4, -0.2) is 17.4 Å². The molecule has 1 saturated heterocycles. The average Bonchev–Trinajstić information content (AvgIpc) is 2.53. The molecule has 1 aromatic rings. The Morgan fingerprint density at radius 3 is 2.94 bits per heavy atom. The summed E-state index contributed by atoms with van der Waals surface area (Å²) in [5, 5.41) is 0. The van der Waals surface area contributed by atoms with Gasteiger partial charge in [-0.25, -0.2) is 0 Å². The van der Waals surface area contributed by atoms with E-state index in [1.807, 2.05) is 29.2 Å². The molecule has 1 aromatic carbocycles. The van der Waals surface area contributed by atoms with Gasteiger partial charge in [0.05, 0.1) is 0 Å². The van der Waals surface area contributed by atoms with Crippen molar-refractivity contribution in [3.8, 4) is 0 Å². The fourth-order valence-corrected chi connectivity index (χ4v) is 2.58. The molecule has 1 atom stereocenters. The van der Waals surface area contributed by atoms with E-state index in [1.54, 1.807) is 0 Å². The van der Waals surface area contributed by atoms with Gasteiger partial charge in [0.25, 0.3) is 0 Å². The Kier molecular flexibility index (Phi) is 4.24. The summed E-state index contributed by atoms with van der Waals surface area (Å²) in [5.41, 5.74) is 7.66. The molecule has 0 radical (unpaired) electrons. The highest BCUT2D eigenvalue weighted by atomic mass is 16.2. The number of hydrogen-bond donors (Lipinski definition) is 1. The van der Waals surface area contributed by atoms with Crippen LogP contribution in [0.2, 0.25) is 0 Å². The number of likely N-dealkylation sites (tertiary alicyclic amines) is 1. The summed E-state index contributed by atoms with van der Waals surface area (Å²) >= 11 is 0. The minimum absolute atomic E-state index is 0.286. The zero-order valence-corrected chi connectivity index (χ0v) is 11.1. The van der Waals surface area contributed by atoms with E-state index >= 15 is 0 Å². The first-order valence-corrected chi connectivity index (χ1v) is 6.81. The molecular weight excluding hydrogens is 224 g/mol. The minimum Gasteiger partial charge on any atom is -0.399 e. The molecule has 0 aromatic heterocycles. The van der Waals surface area contributed by atoms with Crippen molar-refractivity contribution < 1.29 is 4.79 Å². The van der Waals surface area contributed by atoms with Gasteiger partial charge in [0.2, 0.25) is 5.91 Å². The number of carbonyl (C=O) groups is 1. The van der Waals surface area contributed by atoms with Crippen molar-refractivity contribution in [1.82, 2.24) is 4.90 Å². The van der Waals surface area contributed by atoms with E-state index in [1.165, 1.54) is 6.42 Å². The molecule has 1 unspecified atom stereocenters. The van der Waals surface area contributed by atoms with E-state index in [-0.39, 0.29) is 5.91 Å². The molecule has 0 bridgehead atoms. The van der Waals surface area contributed by atoms with Crippen molar-refractivity contribution in [2.45, 2.75) is 39.2 Å². The highest BCUT2D eigenvalue weighted by Gasteiger charge is 2.21. The summed E-state index contributed by atoms with van der Waals surface area (Å²) in [6.45, 7) is 3.79. The summed E-state index contributed by atoms with van der Waals surface area (Å²) in [4.78, 5) is 14.0. The number of carbonyl (C=O) groups excluding carboxylic acids is 1. The molecule has 1 heterocycles. The topological polar surface area (TPSA) is 46.3 Å². The van der Waals surface area contributed by atoms with Crippen LogP contribution in [0.3, 0.4) is 0 Å². The van der Waals surface area contributed by atoms with E-state index in [9.17, 15) is 4.79 Å². The predicted octanol–water partition coefficient (Wildman–Crippen LogP) is 2.81. The second kappa shape index (κ2) is 5.89. The molecule has 3 heteroatoms. The molecule has 1 amide bonds. The fraction of sp³-hybridized carbons (Fsp3) is 0.533. The van der Waals surface area contributed by atoms with Crippen LogP contribution >= 0.6 is 0 Å². The van der Waals surface area contributed by atoms with Crippen molar-refractivity contribution >= 4 is 11.6 Å². The Hall–Kier alpha value is -1.51. The molecule has 2 rings (SSSR count). The zero-order valence-electron chi connectivity index (χ0n) is 11.1. The summed E-state index contributed by atoms with van der Waals surface area (Å²) < 4.78 is 0. The summed E-state index contributed by atoms with van der Waals surface area (Å²) in [6.07, 6.45) is 4.05. The van der Waals surface area contributed by atoms with Crippen molar-refractivity contribution in [1.29, 1.82) is 0 Å². The lowest BCUT2D eigenvalue weighted by molar-refractivity contribution is -0.131. The van der Waals surface area contributed by atoms with E-state index in [2.05, 4.69) is 6.92 Å². The monoisotopic (exact) mass is 246 g/mol. The minimum atomic E-state index is 0.286. The standard InChI is InChI=1S/C15H22N2O/c1-2-12-6-7-15(18)17(9-8-12)11-13-4-3-5-14(16)10-13/h3-5,10,12H,2,6-9,11,16H2,1H3. The first-order chi connectivity index (χ1) is 8.69. The molecule has 1 aliphatic heterocycles. The van der Waals surface area contributed by atoms with E-state index in [4.69, 9.17) is 5.73 Å². The second-order valence-electron chi connectivity index (χ2n) is 5.16. The summed E-state index contributed by atoms with van der Waals surface area (Å²) in [6, 6.07) is 7.81. The van der Waals surface area contributed by atoms with Crippen molar-refractivity contribution in [3.63, 3.8) is 0 Å². The molecule has 2 N–H and O–H groups in total. The third-order valence-corrected chi connectivity index (χ3v) is 3.83. The molecule has 0 saturated carbocycles. The van der Waals surface area contributed by atoms with Crippen LogP contribution in [0.25, 0.3) is 0 Å². The number of amides is 1.